The number of rotatable bonds is 11. The number of hydrogen-bond acceptors (Lipinski definition) is 10. The summed E-state index contributed by atoms with van der Waals surface area (Å²) in [5.41, 5.74) is 2.83. The Morgan fingerprint density at radius 1 is 1.00 bits per heavy atom. The summed E-state index contributed by atoms with van der Waals surface area (Å²) >= 11 is 0. The molecule has 4 aliphatic rings. The first kappa shape index (κ1) is 37.3. The van der Waals surface area contributed by atoms with Gasteiger partial charge in [-0.2, -0.15) is 0 Å². The van der Waals surface area contributed by atoms with Gasteiger partial charge in [0.2, 0.25) is 0 Å². The van der Waals surface area contributed by atoms with Gasteiger partial charge in [0, 0.05) is 54.2 Å². The van der Waals surface area contributed by atoms with E-state index in [-0.39, 0.29) is 29.9 Å². The van der Waals surface area contributed by atoms with Crippen LogP contribution in [0.5, 0.6) is 5.75 Å². The van der Waals surface area contributed by atoms with E-state index < -0.39 is 25.6 Å². The molecule has 3 fully saturated rings. The maximum Gasteiger partial charge on any atom is 0.264 e. The Hall–Kier alpha value is -4.60. The van der Waals surface area contributed by atoms with E-state index >= 15 is 4.79 Å². The van der Waals surface area contributed by atoms with Gasteiger partial charge in [0.15, 0.2) is 13.9 Å². The number of aryl methyl sites for hydroxylation is 1. The highest BCUT2D eigenvalue weighted by molar-refractivity contribution is 6.71. The first-order valence-corrected chi connectivity index (χ1v) is 22.4. The summed E-state index contributed by atoms with van der Waals surface area (Å²) in [6, 6.07) is 23.9. The largest absolute Gasteiger partial charge is 0.497 e. The fourth-order valence-corrected chi connectivity index (χ4v) is 12.3. The zero-order valence-corrected chi connectivity index (χ0v) is 33.0. The average Bonchev–Trinajstić information content (AvgIpc) is 3.90. The van der Waals surface area contributed by atoms with Crippen LogP contribution in [0.15, 0.2) is 79.0 Å². The highest BCUT2D eigenvalue weighted by Gasteiger charge is 2.66. The Bertz CT molecular complexity index is 2030. The number of ether oxygens (including phenoxy) is 2. The number of benzene rings is 3. The van der Waals surface area contributed by atoms with E-state index in [4.69, 9.17) is 9.47 Å². The fraction of sp³-hybridized carbons (Fsp3) is 0.463. The molecule has 290 valence electrons. The molecule has 3 aromatic carbocycles. The number of anilines is 3. The summed E-state index contributed by atoms with van der Waals surface area (Å²) in [5, 5.41) is 21.1. The van der Waals surface area contributed by atoms with E-state index in [0.717, 1.165) is 54.1 Å². The Morgan fingerprint density at radius 3 is 2.44 bits per heavy atom. The molecule has 4 aromatic rings. The molecular weight excluding hydrogens is 715 g/mol. The Morgan fingerprint density at radius 2 is 1.75 bits per heavy atom. The summed E-state index contributed by atoms with van der Waals surface area (Å²) < 4.78 is 14.4. The summed E-state index contributed by atoms with van der Waals surface area (Å²) in [4.78, 5) is 46.9. The van der Waals surface area contributed by atoms with Gasteiger partial charge in [-0.1, -0.05) is 42.5 Å². The van der Waals surface area contributed by atoms with Gasteiger partial charge in [-0.25, -0.2) is 0 Å². The highest BCUT2D eigenvalue weighted by Crippen LogP contribution is 2.60. The van der Waals surface area contributed by atoms with E-state index in [9.17, 15) is 14.7 Å². The number of nitrogens with zero attached hydrogens (tertiary/aromatic N) is 6. The first-order chi connectivity index (χ1) is 26.5. The van der Waals surface area contributed by atoms with E-state index in [0.29, 0.717) is 44.0 Å². The molecule has 0 saturated carbocycles. The van der Waals surface area contributed by atoms with Gasteiger partial charge >= 0.3 is 0 Å². The van der Waals surface area contributed by atoms with E-state index in [2.05, 4.69) is 32.7 Å². The summed E-state index contributed by atoms with van der Waals surface area (Å²) in [7, 11) is -1.26. The van der Waals surface area contributed by atoms with Crippen molar-refractivity contribution in [3.63, 3.8) is 0 Å². The predicted molar refractivity (Wildman–Crippen MR) is 211 cm³/mol. The number of carbonyl (C=O) groups is 2. The quantitative estimate of drug-likeness (QED) is 0.190. The van der Waals surface area contributed by atoms with Crippen molar-refractivity contribution in [2.24, 2.45) is 5.92 Å². The molecule has 55 heavy (non-hydrogen) atoms. The minimum Gasteiger partial charge on any atom is -0.497 e. The average molecular weight is 766 g/mol. The van der Waals surface area contributed by atoms with Gasteiger partial charge in [0.1, 0.15) is 11.3 Å². The van der Waals surface area contributed by atoms with Gasteiger partial charge in [0.25, 0.3) is 11.8 Å². The predicted octanol–water partition coefficient (Wildman–Crippen LogP) is 4.19. The monoisotopic (exact) mass is 765 g/mol. The Kier molecular flexibility index (Phi) is 9.83. The number of nitrogens with one attached hydrogen (secondary N) is 1. The summed E-state index contributed by atoms with van der Waals surface area (Å²) in [5.74, 6) is 0.252. The molecule has 0 bridgehead atoms. The van der Waals surface area contributed by atoms with Crippen LogP contribution in [0.4, 0.5) is 17.1 Å². The van der Waals surface area contributed by atoms with Crippen LogP contribution in [-0.4, -0.2) is 90.1 Å². The number of methoxy groups -OCH3 is 1. The molecule has 13 nitrogen and oxygen atoms in total. The second-order valence-corrected chi connectivity index (χ2v) is 19.9. The van der Waals surface area contributed by atoms with Crippen LogP contribution in [-0.2, 0) is 39.4 Å². The molecule has 2 amide bonds. The molecule has 14 heteroatoms. The molecule has 0 aliphatic carbocycles. The molecule has 1 aromatic heterocycles. The van der Waals surface area contributed by atoms with Crippen molar-refractivity contribution in [3.05, 3.63) is 95.8 Å². The van der Waals surface area contributed by atoms with Crippen molar-refractivity contribution in [2.75, 3.05) is 48.2 Å². The Balaban J connectivity index is 1.07. The lowest BCUT2D eigenvalue weighted by Gasteiger charge is -2.39. The van der Waals surface area contributed by atoms with Gasteiger partial charge in [-0.05, 0) is 93.5 Å². The van der Waals surface area contributed by atoms with Crippen LogP contribution in [0.3, 0.4) is 0 Å². The molecule has 8 rings (SSSR count). The van der Waals surface area contributed by atoms with Crippen LogP contribution in [0.1, 0.15) is 43.0 Å². The van der Waals surface area contributed by atoms with Crippen molar-refractivity contribution < 1.29 is 29.0 Å². The van der Waals surface area contributed by atoms with Gasteiger partial charge in [-0.15, -0.1) is 5.10 Å². The van der Waals surface area contributed by atoms with E-state index in [1.807, 2.05) is 91.8 Å². The molecule has 3 saturated heterocycles. The van der Waals surface area contributed by atoms with Crippen molar-refractivity contribution in [2.45, 2.75) is 81.6 Å². The lowest BCUT2D eigenvalue weighted by molar-refractivity contribution is -0.146. The van der Waals surface area contributed by atoms with Gasteiger partial charge < -0.3 is 34.5 Å². The van der Waals surface area contributed by atoms with Crippen molar-refractivity contribution >= 4 is 37.2 Å². The van der Waals surface area contributed by atoms with E-state index in [1.165, 1.54) is 0 Å². The second kappa shape index (κ2) is 14.5. The number of carbonyl (C=O) groups excluding carboxylic acids is 2. The molecule has 3 N–H and O–H groups in total. The van der Waals surface area contributed by atoms with Crippen molar-refractivity contribution in [3.8, 4) is 5.75 Å². The van der Waals surface area contributed by atoms with Crippen molar-refractivity contribution in [1.82, 2.24) is 20.3 Å². The molecule has 2 spiro atoms. The second-order valence-electron chi connectivity index (χ2n) is 16.0. The molecule has 0 radical (unpaired) electrons. The zero-order chi connectivity index (χ0) is 38.5. The van der Waals surface area contributed by atoms with Crippen LogP contribution in [0, 0.1) is 5.92 Å². The van der Waals surface area contributed by atoms with E-state index in [1.54, 1.807) is 16.7 Å². The van der Waals surface area contributed by atoms with Crippen LogP contribution in [0.2, 0.25) is 18.6 Å². The maximum atomic E-state index is 15.0. The number of para-hydroxylation sites is 1. The number of aromatic nitrogens is 3. The molecule has 4 atom stereocenters. The van der Waals surface area contributed by atoms with Crippen LogP contribution < -0.4 is 24.8 Å². The van der Waals surface area contributed by atoms with Crippen LogP contribution >= 0.6 is 0 Å². The lowest BCUT2D eigenvalue weighted by Crippen LogP contribution is -2.55. The Labute approximate surface area is 323 Å². The zero-order valence-electron chi connectivity index (χ0n) is 32.0. The smallest absolute Gasteiger partial charge is 0.264 e. The first-order valence-electron chi connectivity index (χ1n) is 19.3. The van der Waals surface area contributed by atoms with Gasteiger partial charge in [-0.3, -0.25) is 19.2 Å². The highest BCUT2D eigenvalue weighted by atomic mass is 28.4. The molecule has 5 heterocycles. The molecule has 4 aliphatic heterocycles. The lowest BCUT2D eigenvalue weighted by atomic mass is 9.82. The topological polar surface area (TPSA) is 146 Å². The summed E-state index contributed by atoms with van der Waals surface area (Å²) in [6.07, 6.45) is 3.83. The van der Waals surface area contributed by atoms with Crippen LogP contribution in [0.25, 0.3) is 0 Å². The number of piperidine rings is 1. The minimum atomic E-state index is -2.87. The SMILES string of the molecule is COc1ccc2c(c1)[C@@]1(O[C@H](CCn3cc(CCO)nn3)[C@@H]([Si](C)(C)O)[C@@H]1C)C(=O)N2Cc1ccc(N2CN(c3ccccc3)C3(CCNCC3)C2=O)cc1. The number of aliphatic hydroxyl groups is 1. The number of fused-ring (bicyclic) bond motifs is 2. The standard InChI is InChI=1S/C41H51N7O6Si/c1-28-37(55(3,4)52)36(16-22-45-26-30(17-23-49)43-44-45)54-41(28)34-24-33(53-2)14-15-35(34)46(39(41)51)25-29-10-12-31(13-11-29)47-27-48(32-8-6-5-7-9-32)40(38(47)50)18-20-42-21-19-40/h5-15,24,26,28,36-37,42,49,52H,16-23,25,27H2,1-4H3/t28-,36+,37-,41+/m0/s1. The summed E-state index contributed by atoms with van der Waals surface area (Å²) in [6.45, 7) is 8.69. The molecular formula is C41H51N7O6Si. The fourth-order valence-electron chi connectivity index (χ4n) is 9.68. The molecule has 0 unspecified atom stereocenters. The number of aliphatic hydroxyl groups excluding tert-OH is 1. The number of amides is 2. The third-order valence-electron chi connectivity index (χ3n) is 12.3. The third-order valence-corrected chi connectivity index (χ3v) is 14.8. The number of hydrogen-bond donors (Lipinski definition) is 3. The van der Waals surface area contributed by atoms with Gasteiger partial charge in [0.05, 0.1) is 37.8 Å². The maximum absolute atomic E-state index is 15.0. The normalized spacial score (nSPS) is 24.8. The van der Waals surface area contributed by atoms with Crippen molar-refractivity contribution in [1.29, 1.82) is 0 Å². The third kappa shape index (κ3) is 6.33. The minimum absolute atomic E-state index is 0.00714.